The molecule has 0 radical (unpaired) electrons. The van der Waals surface area contributed by atoms with Crippen LogP contribution in [-0.4, -0.2) is 42.2 Å². The van der Waals surface area contributed by atoms with Crippen LogP contribution in [0.15, 0.2) is 55.1 Å². The van der Waals surface area contributed by atoms with Gasteiger partial charge in [-0.05, 0) is 42.8 Å². The highest BCUT2D eigenvalue weighted by molar-refractivity contribution is 6.20. The minimum atomic E-state index is -3.82. The number of halogens is 3. The summed E-state index contributed by atoms with van der Waals surface area (Å²) in [5.41, 5.74) is -0.274. The molecule has 2 N–H and O–H groups in total. The van der Waals surface area contributed by atoms with Gasteiger partial charge in [0.1, 0.15) is 17.9 Å². The summed E-state index contributed by atoms with van der Waals surface area (Å²) >= 11 is 4.77. The lowest BCUT2D eigenvalue weighted by atomic mass is 10.0. The van der Waals surface area contributed by atoms with Crippen LogP contribution in [0.25, 0.3) is 22.2 Å². The average Bonchev–Trinajstić information content (AvgIpc) is 3.17. The van der Waals surface area contributed by atoms with Crippen LogP contribution < -0.4 is 10.1 Å². The molecular weight excluding hydrogens is 468 g/mol. The highest BCUT2D eigenvalue weighted by Crippen LogP contribution is 2.33. The fourth-order valence-corrected chi connectivity index (χ4v) is 4.12. The van der Waals surface area contributed by atoms with E-state index in [1.807, 2.05) is 4.57 Å². The van der Waals surface area contributed by atoms with Crippen LogP contribution in [0.1, 0.15) is 22.6 Å². The van der Waals surface area contributed by atoms with Crippen molar-refractivity contribution in [2.45, 2.75) is 31.1 Å². The first-order chi connectivity index (χ1) is 16.3. The summed E-state index contributed by atoms with van der Waals surface area (Å²) < 4.78 is 31.8. The first kappa shape index (κ1) is 22.2. The number of aliphatic hydroxyl groups is 1. The number of aliphatic hydroxyl groups excluding tert-OH is 1. The van der Waals surface area contributed by atoms with Gasteiger partial charge in [0, 0.05) is 52.8 Å². The van der Waals surface area contributed by atoms with Gasteiger partial charge in [-0.1, -0.05) is 0 Å². The number of carbonyl (C=O) groups is 1. The molecule has 4 aromatic rings. The van der Waals surface area contributed by atoms with Crippen molar-refractivity contribution in [1.82, 2.24) is 19.5 Å². The largest absolute Gasteiger partial charge is 0.487 e. The van der Waals surface area contributed by atoms with E-state index in [9.17, 15) is 18.7 Å². The van der Waals surface area contributed by atoms with E-state index in [0.29, 0.717) is 47.3 Å². The van der Waals surface area contributed by atoms with Crippen molar-refractivity contribution in [2.75, 3.05) is 5.32 Å². The SMILES string of the molecule is O=C(Nc1ccc(OC(F)(F)Cl)cc1)c1cc(-c2cncnc2)c2c(c1)nc1n2CC(O)CC1. The number of aromatic nitrogens is 4. The maximum absolute atomic E-state index is 13.1. The van der Waals surface area contributed by atoms with Gasteiger partial charge in [-0.3, -0.25) is 4.79 Å². The maximum Gasteiger partial charge on any atom is 0.487 e. The molecule has 34 heavy (non-hydrogen) atoms. The highest BCUT2D eigenvalue weighted by atomic mass is 35.5. The molecule has 2 aromatic carbocycles. The number of alkyl halides is 3. The molecular formula is C23H18ClF2N5O3. The summed E-state index contributed by atoms with van der Waals surface area (Å²) in [6, 6.07) is 8.81. The number of hydrogen-bond donors (Lipinski definition) is 2. The van der Waals surface area contributed by atoms with E-state index < -0.39 is 17.6 Å². The summed E-state index contributed by atoms with van der Waals surface area (Å²) in [5, 5.41) is 12.9. The number of benzene rings is 2. The molecule has 0 fully saturated rings. The molecule has 1 atom stereocenters. The molecule has 0 bridgehead atoms. The van der Waals surface area contributed by atoms with E-state index in [1.165, 1.54) is 30.6 Å². The summed E-state index contributed by atoms with van der Waals surface area (Å²) in [4.78, 5) is 25.9. The zero-order chi connectivity index (χ0) is 23.9. The smallest absolute Gasteiger partial charge is 0.420 e. The highest BCUT2D eigenvalue weighted by Gasteiger charge is 2.27. The zero-order valence-corrected chi connectivity index (χ0v) is 18.3. The molecule has 2 aromatic heterocycles. The third-order valence-electron chi connectivity index (χ3n) is 5.49. The predicted molar refractivity (Wildman–Crippen MR) is 121 cm³/mol. The lowest BCUT2D eigenvalue weighted by Crippen LogP contribution is -2.24. The van der Waals surface area contributed by atoms with Crippen LogP contribution in [-0.2, 0) is 13.0 Å². The molecule has 174 valence electrons. The molecule has 1 amide bonds. The number of nitrogens with one attached hydrogen (secondary N) is 1. The number of ether oxygens (including phenoxy) is 1. The predicted octanol–water partition coefficient (Wildman–Crippen LogP) is 4.22. The van der Waals surface area contributed by atoms with Gasteiger partial charge in [-0.15, -0.1) is 8.78 Å². The van der Waals surface area contributed by atoms with E-state index in [2.05, 4.69) is 20.0 Å². The van der Waals surface area contributed by atoms with E-state index in [0.717, 1.165) is 11.3 Å². The van der Waals surface area contributed by atoms with E-state index in [4.69, 9.17) is 16.6 Å². The number of amides is 1. The lowest BCUT2D eigenvalue weighted by molar-refractivity contribution is -0.0964. The van der Waals surface area contributed by atoms with Crippen LogP contribution in [0.4, 0.5) is 14.5 Å². The molecule has 0 aliphatic carbocycles. The Balaban J connectivity index is 1.51. The molecule has 1 aliphatic heterocycles. The quantitative estimate of drug-likeness (QED) is 0.410. The van der Waals surface area contributed by atoms with Crippen LogP contribution >= 0.6 is 11.6 Å². The van der Waals surface area contributed by atoms with Gasteiger partial charge in [0.25, 0.3) is 5.91 Å². The normalized spacial score (nSPS) is 15.7. The van der Waals surface area contributed by atoms with Crippen molar-refractivity contribution in [2.24, 2.45) is 0 Å². The number of fused-ring (bicyclic) bond motifs is 3. The number of carbonyl (C=O) groups excluding carboxylic acids is 1. The maximum atomic E-state index is 13.1. The Hall–Kier alpha value is -3.63. The van der Waals surface area contributed by atoms with Crippen molar-refractivity contribution in [3.05, 3.63) is 66.5 Å². The van der Waals surface area contributed by atoms with Crippen molar-refractivity contribution in [3.63, 3.8) is 0 Å². The molecule has 1 aliphatic rings. The number of aryl methyl sites for hydroxylation is 1. The monoisotopic (exact) mass is 485 g/mol. The standard InChI is InChI=1S/C23H18ClF2N5O3/c24-23(25,26)34-17-4-1-15(2-5-17)29-22(33)13-7-18(14-9-27-12-28-10-14)21-19(8-13)30-20-6-3-16(32)11-31(20)21/h1-2,4-5,7-10,12,16,32H,3,6,11H2,(H,29,33). The average molecular weight is 486 g/mol. The molecule has 8 nitrogen and oxygen atoms in total. The van der Waals surface area contributed by atoms with E-state index in [-0.39, 0.29) is 5.75 Å². The van der Waals surface area contributed by atoms with Gasteiger partial charge < -0.3 is 19.7 Å². The topological polar surface area (TPSA) is 102 Å². The third-order valence-corrected chi connectivity index (χ3v) is 5.57. The second-order valence-electron chi connectivity index (χ2n) is 7.88. The fraction of sp³-hybridized carbons (Fsp3) is 0.217. The molecule has 1 unspecified atom stereocenters. The fourth-order valence-electron chi connectivity index (χ4n) is 4.03. The summed E-state index contributed by atoms with van der Waals surface area (Å²) in [6.07, 6.45) is 5.48. The number of nitrogens with zero attached hydrogens (tertiary/aromatic N) is 4. The van der Waals surface area contributed by atoms with Crippen LogP contribution in [0.2, 0.25) is 0 Å². The Morgan fingerprint density at radius 2 is 1.94 bits per heavy atom. The Morgan fingerprint density at radius 3 is 2.65 bits per heavy atom. The van der Waals surface area contributed by atoms with Crippen molar-refractivity contribution in [1.29, 1.82) is 0 Å². The van der Waals surface area contributed by atoms with Gasteiger partial charge >= 0.3 is 5.57 Å². The Morgan fingerprint density at radius 1 is 1.21 bits per heavy atom. The van der Waals surface area contributed by atoms with E-state index >= 15 is 0 Å². The zero-order valence-electron chi connectivity index (χ0n) is 17.6. The van der Waals surface area contributed by atoms with Gasteiger partial charge in [0.2, 0.25) is 0 Å². The molecule has 0 spiro atoms. The molecule has 3 heterocycles. The molecule has 0 saturated carbocycles. The second-order valence-corrected chi connectivity index (χ2v) is 8.32. The summed E-state index contributed by atoms with van der Waals surface area (Å²) in [6.45, 7) is 0.411. The third kappa shape index (κ3) is 4.55. The Labute approximate surface area is 197 Å². The number of anilines is 1. The molecule has 11 heteroatoms. The number of hydrogen-bond acceptors (Lipinski definition) is 6. The minimum Gasteiger partial charge on any atom is -0.420 e. The molecule has 0 saturated heterocycles. The van der Waals surface area contributed by atoms with Crippen LogP contribution in [0.3, 0.4) is 0 Å². The first-order valence-electron chi connectivity index (χ1n) is 10.4. The van der Waals surface area contributed by atoms with Crippen molar-refractivity contribution in [3.8, 4) is 16.9 Å². The number of rotatable bonds is 5. The number of imidazole rings is 1. The Kier molecular flexibility index (Phi) is 5.62. The van der Waals surface area contributed by atoms with Gasteiger partial charge in [-0.25, -0.2) is 15.0 Å². The van der Waals surface area contributed by atoms with E-state index in [1.54, 1.807) is 24.5 Å². The van der Waals surface area contributed by atoms with Crippen molar-refractivity contribution < 1.29 is 23.4 Å². The van der Waals surface area contributed by atoms with Gasteiger partial charge in [0.15, 0.2) is 0 Å². The van der Waals surface area contributed by atoms with Gasteiger partial charge in [-0.2, -0.15) is 0 Å². The van der Waals surface area contributed by atoms with Gasteiger partial charge in [0.05, 0.1) is 23.7 Å². The van der Waals surface area contributed by atoms with Crippen LogP contribution in [0, 0.1) is 0 Å². The molecule has 5 rings (SSSR count). The second kappa shape index (κ2) is 8.62. The lowest BCUT2D eigenvalue weighted by Gasteiger charge is -2.20. The summed E-state index contributed by atoms with van der Waals surface area (Å²) in [5.74, 6) is 0.279. The summed E-state index contributed by atoms with van der Waals surface area (Å²) in [7, 11) is 0. The minimum absolute atomic E-state index is 0.142. The van der Waals surface area contributed by atoms with Crippen molar-refractivity contribution >= 4 is 34.2 Å². The first-order valence-corrected chi connectivity index (χ1v) is 10.8. The Bertz CT molecular complexity index is 1360. The van der Waals surface area contributed by atoms with Crippen LogP contribution in [0.5, 0.6) is 5.75 Å².